The molecule has 1 rings (SSSR count). The summed E-state index contributed by atoms with van der Waals surface area (Å²) in [7, 11) is 0. The van der Waals surface area contributed by atoms with Crippen molar-refractivity contribution in [3.63, 3.8) is 0 Å². The fourth-order valence-electron chi connectivity index (χ4n) is 2.03. The summed E-state index contributed by atoms with van der Waals surface area (Å²) in [4.78, 5) is 0. The Balaban J connectivity index is 2.72. The summed E-state index contributed by atoms with van der Waals surface area (Å²) in [5.41, 5.74) is 8.38. The molecule has 0 bridgehead atoms. The van der Waals surface area contributed by atoms with E-state index in [1.165, 1.54) is 36.8 Å². The number of unbranched alkanes of at least 4 members (excludes halogenated alkanes) is 1. The zero-order chi connectivity index (χ0) is 11.1. The fraction of sp³-hybridized carbons (Fsp3) is 0.571. The van der Waals surface area contributed by atoms with Crippen molar-refractivity contribution in [3.8, 4) is 0 Å². The Morgan fingerprint density at radius 2 is 2.07 bits per heavy atom. The van der Waals surface area contributed by atoms with Gasteiger partial charge in [0.1, 0.15) is 0 Å². The van der Waals surface area contributed by atoms with Gasteiger partial charge in [0.15, 0.2) is 0 Å². The van der Waals surface area contributed by atoms with Crippen LogP contribution in [0.1, 0.15) is 56.6 Å². The molecule has 0 saturated carbocycles. The third-order valence-corrected chi connectivity index (χ3v) is 3.06. The Labute approximate surface area is 93.7 Å². The first-order chi connectivity index (χ1) is 7.31. The van der Waals surface area contributed by atoms with E-state index >= 15 is 0 Å². The van der Waals surface area contributed by atoms with E-state index in [-0.39, 0.29) is 0 Å². The lowest BCUT2D eigenvalue weighted by Gasteiger charge is -2.15. The van der Waals surface area contributed by atoms with Crippen LogP contribution in [0.4, 0.5) is 0 Å². The molecular weight excluding hydrogens is 182 g/mol. The second kappa shape index (κ2) is 6.62. The summed E-state index contributed by atoms with van der Waals surface area (Å²) in [5.74, 6) is 0.719. The van der Waals surface area contributed by atoms with E-state index < -0.39 is 0 Å². The average Bonchev–Trinajstić information content (AvgIpc) is 2.30. The van der Waals surface area contributed by atoms with E-state index in [9.17, 15) is 0 Å². The van der Waals surface area contributed by atoms with Gasteiger partial charge in [0, 0.05) is 6.54 Å². The van der Waals surface area contributed by atoms with Crippen molar-refractivity contribution in [3.05, 3.63) is 35.4 Å². The summed E-state index contributed by atoms with van der Waals surface area (Å²) in [5, 5.41) is 0. The van der Waals surface area contributed by atoms with Gasteiger partial charge in [-0.1, -0.05) is 51.0 Å². The molecule has 1 aromatic carbocycles. The van der Waals surface area contributed by atoms with Gasteiger partial charge in [0.2, 0.25) is 0 Å². The number of hydrogen-bond donors (Lipinski definition) is 1. The van der Waals surface area contributed by atoms with Gasteiger partial charge in [-0.3, -0.25) is 0 Å². The number of hydrogen-bond acceptors (Lipinski definition) is 1. The summed E-state index contributed by atoms with van der Waals surface area (Å²) in [6.45, 7) is 5.18. The smallest absolute Gasteiger partial charge is 0.0178 e. The van der Waals surface area contributed by atoms with Crippen molar-refractivity contribution in [1.29, 1.82) is 0 Å². The lowest BCUT2D eigenvalue weighted by atomic mass is 9.90. The first-order valence-electron chi connectivity index (χ1n) is 6.10. The molecule has 0 saturated heterocycles. The second-order valence-electron chi connectivity index (χ2n) is 4.20. The Hall–Kier alpha value is -0.820. The third-order valence-electron chi connectivity index (χ3n) is 3.06. The molecule has 0 aliphatic carbocycles. The van der Waals surface area contributed by atoms with Gasteiger partial charge in [0.05, 0.1) is 0 Å². The van der Waals surface area contributed by atoms with Crippen LogP contribution in [0.15, 0.2) is 24.3 Å². The van der Waals surface area contributed by atoms with Crippen molar-refractivity contribution in [2.45, 2.75) is 52.0 Å². The predicted octanol–water partition coefficient (Wildman–Crippen LogP) is 3.83. The molecule has 0 heterocycles. The van der Waals surface area contributed by atoms with Crippen molar-refractivity contribution >= 4 is 0 Å². The van der Waals surface area contributed by atoms with Crippen LogP contribution in [-0.2, 0) is 6.54 Å². The van der Waals surface area contributed by atoms with Crippen LogP contribution in [0, 0.1) is 0 Å². The first kappa shape index (κ1) is 12.3. The maximum absolute atomic E-state index is 5.66. The molecule has 0 aromatic heterocycles. The minimum atomic E-state index is 0.651. The summed E-state index contributed by atoms with van der Waals surface area (Å²) in [6, 6.07) is 8.75. The fourth-order valence-corrected chi connectivity index (χ4v) is 2.03. The van der Waals surface area contributed by atoms with Gasteiger partial charge in [-0.25, -0.2) is 0 Å². The third kappa shape index (κ3) is 3.67. The van der Waals surface area contributed by atoms with Gasteiger partial charge in [-0.15, -0.1) is 0 Å². The minimum absolute atomic E-state index is 0.651. The highest BCUT2D eigenvalue weighted by atomic mass is 14.5. The first-order valence-corrected chi connectivity index (χ1v) is 6.10. The quantitative estimate of drug-likeness (QED) is 0.750. The van der Waals surface area contributed by atoms with E-state index in [0.717, 1.165) is 5.92 Å². The largest absolute Gasteiger partial charge is 0.326 e. The predicted molar refractivity (Wildman–Crippen MR) is 66.9 cm³/mol. The molecule has 0 aliphatic rings. The molecule has 0 fully saturated rings. The molecule has 0 spiro atoms. The molecule has 0 aliphatic heterocycles. The Bertz CT molecular complexity index is 280. The summed E-state index contributed by atoms with van der Waals surface area (Å²) < 4.78 is 0. The molecule has 2 N–H and O–H groups in total. The van der Waals surface area contributed by atoms with Gasteiger partial charge in [0.25, 0.3) is 0 Å². The number of benzene rings is 1. The zero-order valence-corrected chi connectivity index (χ0v) is 10.00. The highest BCUT2D eigenvalue weighted by Crippen LogP contribution is 2.25. The Kier molecular flexibility index (Phi) is 5.41. The van der Waals surface area contributed by atoms with Crippen molar-refractivity contribution in [2.24, 2.45) is 5.73 Å². The van der Waals surface area contributed by atoms with E-state index in [1.807, 2.05) is 0 Å². The molecule has 1 nitrogen and oxygen atoms in total. The van der Waals surface area contributed by atoms with E-state index in [1.54, 1.807) is 0 Å². The lowest BCUT2D eigenvalue weighted by molar-refractivity contribution is 0.569. The SMILES string of the molecule is CCCCC(CC)c1cccc(CN)c1. The zero-order valence-electron chi connectivity index (χ0n) is 10.00. The molecule has 0 radical (unpaired) electrons. The molecule has 0 amide bonds. The average molecular weight is 205 g/mol. The molecule has 1 atom stereocenters. The van der Waals surface area contributed by atoms with E-state index in [2.05, 4.69) is 38.1 Å². The van der Waals surface area contributed by atoms with Crippen molar-refractivity contribution < 1.29 is 0 Å². The van der Waals surface area contributed by atoms with Crippen LogP contribution in [0.25, 0.3) is 0 Å². The monoisotopic (exact) mass is 205 g/mol. The molecule has 15 heavy (non-hydrogen) atoms. The molecule has 84 valence electrons. The minimum Gasteiger partial charge on any atom is -0.326 e. The maximum atomic E-state index is 5.66. The second-order valence-corrected chi connectivity index (χ2v) is 4.20. The Morgan fingerprint density at radius 3 is 2.67 bits per heavy atom. The highest BCUT2D eigenvalue weighted by Gasteiger charge is 2.08. The summed E-state index contributed by atoms with van der Waals surface area (Å²) >= 11 is 0. The van der Waals surface area contributed by atoms with Crippen molar-refractivity contribution in [1.82, 2.24) is 0 Å². The van der Waals surface area contributed by atoms with Crippen LogP contribution < -0.4 is 5.73 Å². The van der Waals surface area contributed by atoms with Gasteiger partial charge >= 0.3 is 0 Å². The van der Waals surface area contributed by atoms with Crippen LogP contribution >= 0.6 is 0 Å². The standard InChI is InChI=1S/C14H23N/c1-3-5-8-13(4-2)14-9-6-7-12(10-14)11-15/h6-7,9-10,13H,3-5,8,11,15H2,1-2H3. The van der Waals surface area contributed by atoms with E-state index in [4.69, 9.17) is 5.73 Å². The summed E-state index contributed by atoms with van der Waals surface area (Å²) in [6.07, 6.45) is 5.15. The van der Waals surface area contributed by atoms with Crippen LogP contribution in [-0.4, -0.2) is 0 Å². The molecule has 1 aromatic rings. The van der Waals surface area contributed by atoms with Gasteiger partial charge in [-0.2, -0.15) is 0 Å². The Morgan fingerprint density at radius 1 is 1.27 bits per heavy atom. The maximum Gasteiger partial charge on any atom is 0.0178 e. The molecule has 1 unspecified atom stereocenters. The number of nitrogens with two attached hydrogens (primary N) is 1. The van der Waals surface area contributed by atoms with E-state index in [0.29, 0.717) is 6.54 Å². The molecule has 1 heteroatoms. The van der Waals surface area contributed by atoms with Crippen LogP contribution in [0.5, 0.6) is 0 Å². The highest BCUT2D eigenvalue weighted by molar-refractivity contribution is 5.26. The lowest BCUT2D eigenvalue weighted by Crippen LogP contribution is -2.01. The van der Waals surface area contributed by atoms with Gasteiger partial charge in [-0.05, 0) is 29.9 Å². The van der Waals surface area contributed by atoms with Crippen LogP contribution in [0.2, 0.25) is 0 Å². The van der Waals surface area contributed by atoms with Gasteiger partial charge < -0.3 is 5.73 Å². The topological polar surface area (TPSA) is 26.0 Å². The van der Waals surface area contributed by atoms with Crippen LogP contribution in [0.3, 0.4) is 0 Å². The molecular formula is C14H23N. The van der Waals surface area contributed by atoms with Crippen molar-refractivity contribution in [2.75, 3.05) is 0 Å². The normalized spacial score (nSPS) is 12.7. The number of rotatable bonds is 6.